The zero-order valence-electron chi connectivity index (χ0n) is 10.5. The van der Waals surface area contributed by atoms with E-state index in [1.165, 1.54) is 0 Å². The van der Waals surface area contributed by atoms with Gasteiger partial charge in [-0.25, -0.2) is 0 Å². The third-order valence-corrected chi connectivity index (χ3v) is 2.83. The first kappa shape index (κ1) is 11.8. The smallest absolute Gasteiger partial charge is 0.189 e. The molecule has 1 unspecified atom stereocenters. The minimum Gasteiger partial charge on any atom is -0.491 e. The highest BCUT2D eigenvalue weighted by Gasteiger charge is 2.31. The number of hydrogen-bond donors (Lipinski definition) is 2. The van der Waals surface area contributed by atoms with E-state index in [0.29, 0.717) is 12.5 Å². The summed E-state index contributed by atoms with van der Waals surface area (Å²) in [6, 6.07) is 8.07. The summed E-state index contributed by atoms with van der Waals surface area (Å²) in [5.74, 6) is 1.40. The molecule has 1 heterocycles. The van der Waals surface area contributed by atoms with Gasteiger partial charge in [0.25, 0.3) is 0 Å². The first-order chi connectivity index (χ1) is 7.99. The van der Waals surface area contributed by atoms with E-state index in [4.69, 9.17) is 10.5 Å². The average Bonchev–Trinajstić information content (AvgIpc) is 2.60. The number of ether oxygens (including phenoxy) is 1. The van der Waals surface area contributed by atoms with Crippen molar-refractivity contribution in [3.63, 3.8) is 0 Å². The number of nitrogens with one attached hydrogen (secondary N) is 1. The molecule has 0 spiro atoms. The molecular formula is C13H19N3O. The van der Waals surface area contributed by atoms with E-state index in [2.05, 4.69) is 29.4 Å². The van der Waals surface area contributed by atoms with Gasteiger partial charge in [-0.1, -0.05) is 12.1 Å². The van der Waals surface area contributed by atoms with Gasteiger partial charge in [0.15, 0.2) is 5.96 Å². The molecule has 0 fully saturated rings. The number of nitrogens with zero attached hydrogens (tertiary/aromatic N) is 1. The lowest BCUT2D eigenvalue weighted by Crippen LogP contribution is -2.42. The first-order valence-corrected chi connectivity index (χ1v) is 5.85. The Kier molecular flexibility index (Phi) is 2.96. The van der Waals surface area contributed by atoms with Gasteiger partial charge in [-0.05, 0) is 38.5 Å². The normalized spacial score (nSPS) is 23.4. The molecule has 0 amide bonds. The van der Waals surface area contributed by atoms with Gasteiger partial charge in [0, 0.05) is 0 Å². The molecule has 1 aliphatic heterocycles. The zero-order chi connectivity index (χ0) is 12.5. The third-order valence-electron chi connectivity index (χ3n) is 2.83. The number of guanidine groups is 1. The Hall–Kier alpha value is -1.71. The standard InChI is InChI=1S/C13H19N3O/c1-9(2)17-11-6-4-10(5-7-11)13(3)8-15-12(14)16-13/h4-7,9H,8H2,1-3H3,(H3,14,15,16). The van der Waals surface area contributed by atoms with Crippen LogP contribution in [0, 0.1) is 0 Å². The first-order valence-electron chi connectivity index (χ1n) is 5.85. The molecule has 0 bridgehead atoms. The minimum absolute atomic E-state index is 0.194. The molecule has 1 aromatic carbocycles. The second kappa shape index (κ2) is 4.28. The van der Waals surface area contributed by atoms with E-state index < -0.39 is 0 Å². The van der Waals surface area contributed by atoms with Crippen LogP contribution in [-0.4, -0.2) is 18.6 Å². The lowest BCUT2D eigenvalue weighted by atomic mass is 9.93. The predicted molar refractivity (Wildman–Crippen MR) is 69.2 cm³/mol. The predicted octanol–water partition coefficient (Wildman–Crippen LogP) is 1.61. The van der Waals surface area contributed by atoms with Gasteiger partial charge < -0.3 is 15.8 Å². The van der Waals surface area contributed by atoms with Crippen LogP contribution in [-0.2, 0) is 5.54 Å². The van der Waals surface area contributed by atoms with E-state index >= 15 is 0 Å². The molecular weight excluding hydrogens is 214 g/mol. The number of nitrogens with two attached hydrogens (primary N) is 1. The van der Waals surface area contributed by atoms with E-state index in [0.717, 1.165) is 11.3 Å². The van der Waals surface area contributed by atoms with Crippen molar-refractivity contribution in [3.05, 3.63) is 29.8 Å². The van der Waals surface area contributed by atoms with Crippen LogP contribution in [0.25, 0.3) is 0 Å². The van der Waals surface area contributed by atoms with Gasteiger partial charge >= 0.3 is 0 Å². The van der Waals surface area contributed by atoms with Crippen molar-refractivity contribution in [2.45, 2.75) is 32.4 Å². The molecule has 0 saturated carbocycles. The highest BCUT2D eigenvalue weighted by Crippen LogP contribution is 2.26. The average molecular weight is 233 g/mol. The topological polar surface area (TPSA) is 59.6 Å². The quantitative estimate of drug-likeness (QED) is 0.833. The maximum Gasteiger partial charge on any atom is 0.189 e. The van der Waals surface area contributed by atoms with Crippen molar-refractivity contribution in [2.75, 3.05) is 6.54 Å². The van der Waals surface area contributed by atoms with Gasteiger partial charge in [-0.2, -0.15) is 0 Å². The summed E-state index contributed by atoms with van der Waals surface area (Å²) < 4.78 is 5.61. The minimum atomic E-state index is -0.194. The fourth-order valence-electron chi connectivity index (χ4n) is 1.94. The van der Waals surface area contributed by atoms with E-state index in [9.17, 15) is 0 Å². The van der Waals surface area contributed by atoms with Gasteiger partial charge in [-0.15, -0.1) is 0 Å². The Bertz CT molecular complexity index is 425. The van der Waals surface area contributed by atoms with Crippen LogP contribution in [0.15, 0.2) is 29.3 Å². The molecule has 4 nitrogen and oxygen atoms in total. The molecule has 1 aromatic rings. The fourth-order valence-corrected chi connectivity index (χ4v) is 1.94. The van der Waals surface area contributed by atoms with Crippen LogP contribution in [0.5, 0.6) is 5.75 Å². The molecule has 3 N–H and O–H groups in total. The van der Waals surface area contributed by atoms with Crippen molar-refractivity contribution in [3.8, 4) is 5.75 Å². The molecule has 2 rings (SSSR count). The Morgan fingerprint density at radius 1 is 1.35 bits per heavy atom. The summed E-state index contributed by atoms with van der Waals surface area (Å²) in [4.78, 5) is 4.19. The summed E-state index contributed by atoms with van der Waals surface area (Å²) in [5, 5.41) is 3.19. The van der Waals surface area contributed by atoms with Crippen LogP contribution in [0.2, 0.25) is 0 Å². The summed E-state index contributed by atoms with van der Waals surface area (Å²) in [7, 11) is 0. The van der Waals surface area contributed by atoms with Gasteiger partial charge in [0.1, 0.15) is 5.75 Å². The van der Waals surface area contributed by atoms with Crippen molar-refractivity contribution >= 4 is 5.96 Å². The molecule has 0 aromatic heterocycles. The van der Waals surface area contributed by atoms with Crippen molar-refractivity contribution in [1.29, 1.82) is 0 Å². The largest absolute Gasteiger partial charge is 0.491 e. The molecule has 0 aliphatic carbocycles. The van der Waals surface area contributed by atoms with Crippen molar-refractivity contribution in [1.82, 2.24) is 5.32 Å². The van der Waals surface area contributed by atoms with Crippen LogP contribution in [0.1, 0.15) is 26.3 Å². The summed E-state index contributed by atoms with van der Waals surface area (Å²) in [5.41, 5.74) is 6.63. The zero-order valence-corrected chi connectivity index (χ0v) is 10.5. The second-order valence-electron chi connectivity index (χ2n) is 4.85. The summed E-state index contributed by atoms with van der Waals surface area (Å²) in [6.07, 6.45) is 0.194. The summed E-state index contributed by atoms with van der Waals surface area (Å²) >= 11 is 0. The van der Waals surface area contributed by atoms with Gasteiger partial charge in [-0.3, -0.25) is 4.99 Å². The Balaban J connectivity index is 2.13. The van der Waals surface area contributed by atoms with Crippen LogP contribution in [0.3, 0.4) is 0 Å². The molecule has 4 heteroatoms. The molecule has 92 valence electrons. The van der Waals surface area contributed by atoms with Gasteiger partial charge in [0.05, 0.1) is 18.2 Å². The van der Waals surface area contributed by atoms with Crippen LogP contribution >= 0.6 is 0 Å². The van der Waals surface area contributed by atoms with Crippen molar-refractivity contribution < 1.29 is 4.74 Å². The van der Waals surface area contributed by atoms with E-state index in [1.807, 2.05) is 26.0 Å². The highest BCUT2D eigenvalue weighted by molar-refractivity contribution is 5.81. The molecule has 0 radical (unpaired) electrons. The second-order valence-corrected chi connectivity index (χ2v) is 4.85. The molecule has 0 saturated heterocycles. The lowest BCUT2D eigenvalue weighted by molar-refractivity contribution is 0.242. The monoisotopic (exact) mass is 233 g/mol. The van der Waals surface area contributed by atoms with E-state index in [-0.39, 0.29) is 11.6 Å². The number of benzene rings is 1. The van der Waals surface area contributed by atoms with Crippen LogP contribution < -0.4 is 15.8 Å². The number of aliphatic imine (C=N–C) groups is 1. The summed E-state index contributed by atoms with van der Waals surface area (Å²) in [6.45, 7) is 6.79. The van der Waals surface area contributed by atoms with Crippen LogP contribution in [0.4, 0.5) is 0 Å². The maximum absolute atomic E-state index is 5.66. The lowest BCUT2D eigenvalue weighted by Gasteiger charge is -2.25. The third kappa shape index (κ3) is 2.52. The molecule has 1 aliphatic rings. The fraction of sp³-hybridized carbons (Fsp3) is 0.462. The molecule has 17 heavy (non-hydrogen) atoms. The Labute approximate surface area is 102 Å². The Morgan fingerprint density at radius 2 is 2.00 bits per heavy atom. The maximum atomic E-state index is 5.66. The van der Waals surface area contributed by atoms with Gasteiger partial charge in [0.2, 0.25) is 0 Å². The molecule has 1 atom stereocenters. The SMILES string of the molecule is CC(C)Oc1ccc(C2(C)CN=C(N)N2)cc1. The van der Waals surface area contributed by atoms with E-state index in [1.54, 1.807) is 0 Å². The highest BCUT2D eigenvalue weighted by atomic mass is 16.5. The van der Waals surface area contributed by atoms with Crippen molar-refractivity contribution in [2.24, 2.45) is 10.7 Å². The Morgan fingerprint density at radius 3 is 2.47 bits per heavy atom. The number of rotatable bonds is 3. The number of hydrogen-bond acceptors (Lipinski definition) is 4.